The predicted octanol–water partition coefficient (Wildman–Crippen LogP) is 7.29. The highest BCUT2D eigenvalue weighted by atomic mass is 16.2. The molecule has 0 bridgehead atoms. The van der Waals surface area contributed by atoms with E-state index in [1.54, 1.807) is 6.20 Å². The first-order valence-corrected chi connectivity index (χ1v) is 15.9. The molecule has 3 aromatic carbocycles. The van der Waals surface area contributed by atoms with Crippen molar-refractivity contribution in [3.05, 3.63) is 83.6 Å². The Hall–Kier alpha value is -4.10. The maximum atomic E-state index is 13.7. The minimum absolute atomic E-state index is 0.00446. The van der Waals surface area contributed by atoms with Crippen molar-refractivity contribution in [2.75, 3.05) is 11.9 Å². The fourth-order valence-electron chi connectivity index (χ4n) is 6.40. The molecule has 4 N–H and O–H groups in total. The van der Waals surface area contributed by atoms with Crippen molar-refractivity contribution in [2.24, 2.45) is 29.4 Å². The Morgan fingerprint density at radius 3 is 2.39 bits per heavy atom. The van der Waals surface area contributed by atoms with E-state index < -0.39 is 5.92 Å². The lowest BCUT2D eigenvalue weighted by atomic mass is 9.77. The third-order valence-electron chi connectivity index (χ3n) is 9.05. The number of nitrogens with zero attached hydrogens (tertiary/aromatic N) is 1. The van der Waals surface area contributed by atoms with Crippen molar-refractivity contribution < 1.29 is 14.4 Å². The van der Waals surface area contributed by atoms with Crippen LogP contribution >= 0.6 is 0 Å². The number of nitrogens with one attached hydrogen (secondary N) is 2. The molecule has 1 aliphatic rings. The van der Waals surface area contributed by atoms with Gasteiger partial charge < -0.3 is 11.1 Å². The van der Waals surface area contributed by atoms with Crippen LogP contribution in [0.2, 0.25) is 0 Å². The lowest BCUT2D eigenvalue weighted by molar-refractivity contribution is -0.129. The molecule has 1 aromatic heterocycles. The highest BCUT2D eigenvalue weighted by Gasteiger charge is 2.30. The molecule has 0 spiro atoms. The Morgan fingerprint density at radius 1 is 0.955 bits per heavy atom. The van der Waals surface area contributed by atoms with Crippen LogP contribution in [0.3, 0.4) is 0 Å². The zero-order chi connectivity index (χ0) is 31.2. The van der Waals surface area contributed by atoms with Gasteiger partial charge in [0.05, 0.1) is 11.7 Å². The van der Waals surface area contributed by atoms with Crippen LogP contribution in [0.4, 0.5) is 5.69 Å². The topological polar surface area (TPSA) is 118 Å². The summed E-state index contributed by atoms with van der Waals surface area (Å²) in [5.74, 6) is 0.497. The maximum absolute atomic E-state index is 13.7. The largest absolute Gasteiger partial charge is 0.330 e. The summed E-state index contributed by atoms with van der Waals surface area (Å²) in [5.41, 5.74) is 12.3. The second-order valence-corrected chi connectivity index (χ2v) is 12.9. The molecule has 1 atom stereocenters. The van der Waals surface area contributed by atoms with Crippen molar-refractivity contribution in [3.63, 3.8) is 0 Å². The second-order valence-electron chi connectivity index (χ2n) is 12.9. The Bertz CT molecular complexity index is 1610. The minimum atomic E-state index is -0.494. The highest BCUT2D eigenvalue weighted by molar-refractivity contribution is 5.98. The molecule has 1 fully saturated rings. The molecule has 0 saturated heterocycles. The molecule has 230 valence electrons. The highest BCUT2D eigenvalue weighted by Crippen LogP contribution is 2.32. The molecular formula is C37H44N4O3. The lowest BCUT2D eigenvalue weighted by Crippen LogP contribution is -2.31. The molecule has 4 aromatic rings. The number of aromatic amines is 1. The molecule has 44 heavy (non-hydrogen) atoms. The van der Waals surface area contributed by atoms with Crippen molar-refractivity contribution in [1.29, 1.82) is 0 Å². The SMILES string of the molecule is Cc1cc(C(=O)CC(C)C)ccc1-c1ccc(C[C@@H](CC(=O)C2CCC(CN)CC2)C(=O)Nc2ccc3cn[nH]c3c2)cc1. The smallest absolute Gasteiger partial charge is 0.228 e. The normalized spacial score (nSPS) is 17.5. The van der Waals surface area contributed by atoms with Gasteiger partial charge in [0.25, 0.3) is 0 Å². The number of hydrogen-bond acceptors (Lipinski definition) is 5. The summed E-state index contributed by atoms with van der Waals surface area (Å²) in [6, 6.07) is 19.7. The van der Waals surface area contributed by atoms with Gasteiger partial charge in [-0.15, -0.1) is 0 Å². The average molecular weight is 593 g/mol. The van der Waals surface area contributed by atoms with Crippen LogP contribution in [0.15, 0.2) is 66.9 Å². The van der Waals surface area contributed by atoms with Gasteiger partial charge in [-0.2, -0.15) is 5.10 Å². The van der Waals surface area contributed by atoms with Crippen LogP contribution in [0.1, 0.15) is 73.9 Å². The minimum Gasteiger partial charge on any atom is -0.330 e. The van der Waals surface area contributed by atoms with Crippen LogP contribution in [0, 0.1) is 30.6 Å². The van der Waals surface area contributed by atoms with Gasteiger partial charge >= 0.3 is 0 Å². The summed E-state index contributed by atoms with van der Waals surface area (Å²) in [7, 11) is 0. The molecule has 1 heterocycles. The van der Waals surface area contributed by atoms with Gasteiger partial charge in [0.2, 0.25) is 5.91 Å². The van der Waals surface area contributed by atoms with Gasteiger partial charge in [-0.3, -0.25) is 19.5 Å². The number of aryl methyl sites for hydroxylation is 1. The Kier molecular flexibility index (Phi) is 10.1. The number of carbonyl (C=O) groups is 3. The van der Waals surface area contributed by atoms with Crippen molar-refractivity contribution in [3.8, 4) is 11.1 Å². The standard InChI is InChI=1S/C37H44N4O3/c1-23(2)16-35(42)29-13-15-33(24(3)17-29)27-8-4-25(5-9-27)18-31(19-36(43)28-10-6-26(21-38)7-11-28)37(44)40-32-14-12-30-22-39-41-34(30)20-32/h4-5,8-9,12-15,17,20,22-23,26,28,31H,6-7,10-11,16,18-19,21,38H2,1-3H3,(H,39,41)(H,40,44)/t26?,28?,31-/m0/s1. The van der Waals surface area contributed by atoms with Gasteiger partial charge in [-0.1, -0.05) is 50.2 Å². The van der Waals surface area contributed by atoms with Gasteiger partial charge in [0.15, 0.2) is 5.78 Å². The fourth-order valence-corrected chi connectivity index (χ4v) is 6.40. The molecule has 0 aliphatic heterocycles. The van der Waals surface area contributed by atoms with E-state index >= 15 is 0 Å². The Labute approximate surface area is 260 Å². The number of carbonyl (C=O) groups excluding carboxylic acids is 3. The number of amides is 1. The van der Waals surface area contributed by atoms with Crippen LogP contribution in [-0.2, 0) is 16.0 Å². The van der Waals surface area contributed by atoms with Crippen LogP contribution < -0.4 is 11.1 Å². The van der Waals surface area contributed by atoms with Crippen LogP contribution in [0.5, 0.6) is 0 Å². The fraction of sp³-hybridized carbons (Fsp3) is 0.405. The average Bonchev–Trinajstić information content (AvgIpc) is 3.49. The van der Waals surface area contributed by atoms with E-state index in [1.165, 1.54) is 0 Å². The van der Waals surface area contributed by atoms with Gasteiger partial charge in [-0.25, -0.2) is 0 Å². The van der Waals surface area contributed by atoms with Crippen molar-refractivity contribution in [1.82, 2.24) is 10.2 Å². The number of ketones is 2. The van der Waals surface area contributed by atoms with Crippen LogP contribution in [0.25, 0.3) is 22.0 Å². The number of nitrogens with two attached hydrogens (primary N) is 1. The van der Waals surface area contributed by atoms with Crippen molar-refractivity contribution >= 4 is 34.1 Å². The zero-order valence-corrected chi connectivity index (χ0v) is 26.1. The number of benzene rings is 3. The summed E-state index contributed by atoms with van der Waals surface area (Å²) in [4.78, 5) is 39.7. The van der Waals surface area contributed by atoms with E-state index in [1.807, 2.05) is 55.5 Å². The number of Topliss-reactive ketones (excluding diaryl/α,β-unsaturated/α-hetero) is 2. The van der Waals surface area contributed by atoms with Crippen LogP contribution in [-0.4, -0.2) is 34.2 Å². The number of H-pyrrole nitrogens is 1. The van der Waals surface area contributed by atoms with E-state index in [2.05, 4.69) is 41.5 Å². The monoisotopic (exact) mass is 592 g/mol. The molecule has 7 heteroatoms. The molecule has 1 aliphatic carbocycles. The summed E-state index contributed by atoms with van der Waals surface area (Å²) in [6.07, 6.45) is 6.60. The molecule has 1 amide bonds. The number of fused-ring (bicyclic) bond motifs is 1. The first-order valence-electron chi connectivity index (χ1n) is 15.9. The summed E-state index contributed by atoms with van der Waals surface area (Å²) >= 11 is 0. The molecule has 5 rings (SSSR count). The first-order chi connectivity index (χ1) is 21.2. The number of rotatable bonds is 12. The third-order valence-corrected chi connectivity index (χ3v) is 9.05. The third kappa shape index (κ3) is 7.69. The lowest BCUT2D eigenvalue weighted by Gasteiger charge is -2.27. The van der Waals surface area contributed by atoms with E-state index in [-0.39, 0.29) is 29.8 Å². The van der Waals surface area contributed by atoms with E-state index in [9.17, 15) is 14.4 Å². The van der Waals surface area contributed by atoms with E-state index in [0.29, 0.717) is 36.9 Å². The van der Waals surface area contributed by atoms with Gasteiger partial charge in [0, 0.05) is 41.3 Å². The van der Waals surface area contributed by atoms with E-state index in [0.717, 1.165) is 64.4 Å². The number of anilines is 1. The molecular weight excluding hydrogens is 548 g/mol. The predicted molar refractivity (Wildman–Crippen MR) is 176 cm³/mol. The van der Waals surface area contributed by atoms with Gasteiger partial charge in [-0.05, 0) is 104 Å². The number of aromatic nitrogens is 2. The number of hydrogen-bond donors (Lipinski definition) is 3. The molecule has 7 nitrogen and oxygen atoms in total. The van der Waals surface area contributed by atoms with E-state index in [4.69, 9.17) is 5.73 Å². The Balaban J connectivity index is 1.31. The molecule has 1 saturated carbocycles. The van der Waals surface area contributed by atoms with Gasteiger partial charge in [0.1, 0.15) is 5.78 Å². The molecule has 0 unspecified atom stereocenters. The molecule has 0 radical (unpaired) electrons. The zero-order valence-electron chi connectivity index (χ0n) is 26.1. The summed E-state index contributed by atoms with van der Waals surface area (Å²) in [5, 5.41) is 11.0. The summed E-state index contributed by atoms with van der Waals surface area (Å²) < 4.78 is 0. The maximum Gasteiger partial charge on any atom is 0.228 e. The summed E-state index contributed by atoms with van der Waals surface area (Å²) in [6.45, 7) is 6.81. The second kappa shape index (κ2) is 14.1. The van der Waals surface area contributed by atoms with Crippen molar-refractivity contribution in [2.45, 2.75) is 65.7 Å². The quantitative estimate of drug-likeness (QED) is 0.149. The first kappa shape index (κ1) is 31.3. The Morgan fingerprint density at radius 2 is 1.70 bits per heavy atom.